The third-order valence-electron chi connectivity index (χ3n) is 16.2. The Morgan fingerprint density at radius 1 is 0.430 bits per heavy atom. The predicted octanol–water partition coefficient (Wildman–Crippen LogP) is -2.20. The van der Waals surface area contributed by atoms with Gasteiger partial charge in [0.1, 0.15) is 79.0 Å². The fourth-order valence-corrected chi connectivity index (χ4v) is 10.7. The lowest BCUT2D eigenvalue weighted by Gasteiger charge is -2.39. The molecule has 0 aliphatic carbocycles. The highest BCUT2D eigenvalue weighted by atomic mass is 16.7. The molecule has 4 amide bonds. The van der Waals surface area contributed by atoms with E-state index in [0.717, 1.165) is 32.1 Å². The van der Waals surface area contributed by atoms with Gasteiger partial charge in [-0.3, -0.25) is 28.8 Å². The number of aliphatic hydroxyl groups excluding tert-OH is 12. The summed E-state index contributed by atoms with van der Waals surface area (Å²) in [5.41, 5.74) is -1.24. The molecule has 3 aliphatic rings. The molecule has 3 fully saturated rings. The number of unbranched alkanes of at least 4 members (excludes halogenated alkanes) is 11. The summed E-state index contributed by atoms with van der Waals surface area (Å²) >= 11 is 0. The van der Waals surface area contributed by atoms with E-state index in [0.29, 0.717) is 6.42 Å². The molecular weight excluding hydrogens is 1140 g/mol. The maximum atomic E-state index is 14.8. The van der Waals surface area contributed by atoms with Gasteiger partial charge in [-0.1, -0.05) is 84.5 Å². The lowest BCUT2D eigenvalue weighted by Crippen LogP contribution is -2.59. The van der Waals surface area contributed by atoms with Crippen molar-refractivity contribution >= 4 is 35.2 Å². The molecule has 0 saturated carbocycles. The summed E-state index contributed by atoms with van der Waals surface area (Å²) in [5.74, 6) is -2.59. The van der Waals surface area contributed by atoms with Crippen molar-refractivity contribution in [3.8, 4) is 0 Å². The second-order valence-electron chi connectivity index (χ2n) is 22.9. The van der Waals surface area contributed by atoms with E-state index in [2.05, 4.69) is 28.2 Å². The molecule has 3 aliphatic heterocycles. The lowest BCUT2D eigenvalue weighted by molar-refractivity contribution is -0.300. The topological polar surface area (TPSA) is 449 Å². The van der Waals surface area contributed by atoms with Crippen molar-refractivity contribution in [3.05, 3.63) is 0 Å². The Bertz CT molecular complexity index is 1880. The van der Waals surface area contributed by atoms with Gasteiger partial charge in [0.2, 0.25) is 23.6 Å². The van der Waals surface area contributed by atoms with Crippen molar-refractivity contribution < 1.29 is 118 Å². The molecule has 28 heteroatoms. The number of carbonyl (C=O) groups is 6. The van der Waals surface area contributed by atoms with E-state index in [1.807, 2.05) is 0 Å². The van der Waals surface area contributed by atoms with Gasteiger partial charge in [-0.2, -0.15) is 0 Å². The van der Waals surface area contributed by atoms with Gasteiger partial charge < -0.3 is 111 Å². The zero-order valence-corrected chi connectivity index (χ0v) is 50.3. The van der Waals surface area contributed by atoms with Crippen LogP contribution < -0.4 is 21.3 Å². The van der Waals surface area contributed by atoms with Crippen LogP contribution in [0.5, 0.6) is 0 Å². The minimum absolute atomic E-state index is 0.0246. The molecule has 3 saturated heterocycles. The van der Waals surface area contributed by atoms with Crippen LogP contribution in [0.25, 0.3) is 0 Å². The smallest absolute Gasteiger partial charge is 0.220 e. The normalized spacial score (nSPS) is 28.7. The number of ketones is 2. The first-order valence-electron chi connectivity index (χ1n) is 31.1. The van der Waals surface area contributed by atoms with Crippen LogP contribution in [0.2, 0.25) is 0 Å². The van der Waals surface area contributed by atoms with Gasteiger partial charge in [0.15, 0.2) is 24.7 Å². The van der Waals surface area contributed by atoms with Gasteiger partial charge in [-0.05, 0) is 43.9 Å². The average molecular weight is 1240 g/mol. The molecule has 0 bridgehead atoms. The van der Waals surface area contributed by atoms with Crippen molar-refractivity contribution in [2.45, 2.75) is 266 Å². The maximum absolute atomic E-state index is 14.8. The molecule has 16 atom stereocenters. The number of amides is 4. The monoisotopic (exact) mass is 1240 g/mol. The van der Waals surface area contributed by atoms with E-state index >= 15 is 0 Å². The van der Waals surface area contributed by atoms with Crippen LogP contribution in [0.3, 0.4) is 0 Å². The number of carbonyl (C=O) groups excluding carboxylic acids is 6. The molecule has 3 heterocycles. The van der Waals surface area contributed by atoms with Crippen molar-refractivity contribution in [2.75, 3.05) is 59.3 Å². The van der Waals surface area contributed by atoms with Gasteiger partial charge in [-0.15, -0.1) is 0 Å². The molecule has 0 spiro atoms. The Hall–Kier alpha value is -3.50. The summed E-state index contributed by atoms with van der Waals surface area (Å²) in [4.78, 5) is 81.8. The molecular formula is C58H104N4O24. The molecule has 28 nitrogen and oxygen atoms in total. The molecule has 0 aromatic rings. The third-order valence-corrected chi connectivity index (χ3v) is 16.2. The largest absolute Gasteiger partial charge is 0.394 e. The first-order valence-corrected chi connectivity index (χ1v) is 31.1. The zero-order valence-electron chi connectivity index (χ0n) is 50.3. The SMILES string of the molecule is CCCCCCCCCCCCCCC(=O)N[C@@H](CCC(=O)CC)C(=O)CC(CCCC(=O)NCCOC1O[C@H](CO)[C@@H](O)[C@H](O)[C@@H]1O)(CCC(=O)NCCOC1O[C@H](CO)[C@@H](O)[C@H](O)[C@@H]1O)CCC(=O)NCCOC1O[C@H](CO)[C@@H](O)[C@H](O)[C@@H]1O. The van der Waals surface area contributed by atoms with E-state index in [1.54, 1.807) is 6.92 Å². The van der Waals surface area contributed by atoms with Crippen LogP contribution >= 0.6 is 0 Å². The number of Topliss-reactive ketones (excluding diaryl/α,β-unsaturated/α-hetero) is 2. The van der Waals surface area contributed by atoms with E-state index in [4.69, 9.17) is 28.4 Å². The highest BCUT2D eigenvalue weighted by Crippen LogP contribution is 2.40. The van der Waals surface area contributed by atoms with Crippen molar-refractivity contribution in [1.82, 2.24) is 21.3 Å². The van der Waals surface area contributed by atoms with E-state index in [1.165, 1.54) is 38.5 Å². The van der Waals surface area contributed by atoms with Crippen LogP contribution in [-0.4, -0.2) is 254 Å². The number of hydrogen-bond donors (Lipinski definition) is 16. The Balaban J connectivity index is 1.82. The molecule has 86 heavy (non-hydrogen) atoms. The van der Waals surface area contributed by atoms with Crippen LogP contribution in [0.1, 0.15) is 168 Å². The Labute approximate surface area is 504 Å². The van der Waals surface area contributed by atoms with Crippen molar-refractivity contribution in [2.24, 2.45) is 5.41 Å². The number of nitrogens with one attached hydrogen (secondary N) is 4. The van der Waals surface area contributed by atoms with Crippen LogP contribution in [0, 0.1) is 5.41 Å². The second-order valence-corrected chi connectivity index (χ2v) is 22.9. The summed E-state index contributed by atoms with van der Waals surface area (Å²) in [6, 6.07) is -1.14. The van der Waals surface area contributed by atoms with Crippen LogP contribution in [0.4, 0.5) is 0 Å². The van der Waals surface area contributed by atoms with Crippen LogP contribution in [0.15, 0.2) is 0 Å². The molecule has 500 valence electrons. The Morgan fingerprint density at radius 3 is 1.16 bits per heavy atom. The summed E-state index contributed by atoms with van der Waals surface area (Å²) in [6.45, 7) is 0.618. The molecule has 0 aromatic heterocycles. The van der Waals surface area contributed by atoms with Crippen molar-refractivity contribution in [1.29, 1.82) is 0 Å². The minimum Gasteiger partial charge on any atom is -0.394 e. The Kier molecular flexibility index (Phi) is 37.9. The van der Waals surface area contributed by atoms with Gasteiger partial charge >= 0.3 is 0 Å². The third kappa shape index (κ3) is 27.3. The quantitative estimate of drug-likeness (QED) is 0.0288. The molecule has 0 radical (unpaired) electrons. The first-order chi connectivity index (χ1) is 41.1. The van der Waals surface area contributed by atoms with Gasteiger partial charge in [0.05, 0.1) is 45.7 Å². The fraction of sp³-hybridized carbons (Fsp3) is 0.897. The lowest BCUT2D eigenvalue weighted by atomic mass is 9.70. The number of ether oxygens (including phenoxy) is 6. The van der Waals surface area contributed by atoms with Gasteiger partial charge in [0.25, 0.3) is 0 Å². The second kappa shape index (κ2) is 42.5. The van der Waals surface area contributed by atoms with Crippen LogP contribution in [-0.2, 0) is 57.2 Å². The standard InChI is InChI=1S/C58H104N4O24/c1-3-5-6-7-8-9-10-11-12-13-14-15-17-45(71)62-37(20-19-36(66)4-2)38(67)32-58(24-21-43(69)60-27-30-82-56-53(79)50(76)47(73)40(34-64)85-56,25-22-44(70)61-28-31-83-57-54(80)51(77)48(74)41(35-65)86-57)23-16-18-42(68)59-26-29-81-55-52(78)49(75)46(72)39(33-63)84-55/h37,39-41,46-57,63-65,72-80H,3-35H2,1-2H3,(H,59,68)(H,60,69)(H,61,70)(H,62,71)/t37-,39+,40+,41+,46+,47+,48+,49-,50-,51-,52-,53-,54-,55?,56?,57?,58?/m0/s1. The van der Waals surface area contributed by atoms with E-state index in [-0.39, 0.29) is 128 Å². The number of hydrogen-bond acceptors (Lipinski definition) is 24. The molecule has 3 unspecified atom stereocenters. The molecule has 3 rings (SSSR count). The van der Waals surface area contributed by atoms with Gasteiger partial charge in [-0.25, -0.2) is 0 Å². The highest BCUT2D eigenvalue weighted by Gasteiger charge is 2.46. The minimum atomic E-state index is -1.70. The zero-order chi connectivity index (χ0) is 63.6. The van der Waals surface area contributed by atoms with E-state index in [9.17, 15) is 90.0 Å². The predicted molar refractivity (Wildman–Crippen MR) is 305 cm³/mol. The Morgan fingerprint density at radius 2 is 0.791 bits per heavy atom. The fourth-order valence-electron chi connectivity index (χ4n) is 10.7. The summed E-state index contributed by atoms with van der Waals surface area (Å²) in [7, 11) is 0. The van der Waals surface area contributed by atoms with Gasteiger partial charge in [0, 0.05) is 64.6 Å². The van der Waals surface area contributed by atoms with Crippen molar-refractivity contribution in [3.63, 3.8) is 0 Å². The van der Waals surface area contributed by atoms with E-state index < -0.39 is 147 Å². The molecule has 0 aromatic carbocycles. The number of aliphatic hydroxyl groups is 12. The molecule has 16 N–H and O–H groups in total. The summed E-state index contributed by atoms with van der Waals surface area (Å²) < 4.78 is 32.7. The summed E-state index contributed by atoms with van der Waals surface area (Å²) in [5, 5.41) is 132. The number of rotatable bonds is 46. The average Bonchev–Trinajstić information content (AvgIpc) is 3.46. The summed E-state index contributed by atoms with van der Waals surface area (Å²) in [6.07, 6.45) is -10.7. The highest BCUT2D eigenvalue weighted by molar-refractivity contribution is 5.90. The first kappa shape index (κ1) is 76.7. The maximum Gasteiger partial charge on any atom is 0.220 e.